The molecule has 0 aliphatic carbocycles. The van der Waals surface area contributed by atoms with Gasteiger partial charge in [0.1, 0.15) is 5.54 Å². The lowest BCUT2D eigenvalue weighted by molar-refractivity contribution is -0.153. The lowest BCUT2D eigenvalue weighted by Gasteiger charge is -2.41. The number of carbonyl (C=O) groups is 1. The van der Waals surface area contributed by atoms with Gasteiger partial charge in [0, 0.05) is 6.54 Å². The van der Waals surface area contributed by atoms with Gasteiger partial charge in [0.05, 0.1) is 0 Å². The summed E-state index contributed by atoms with van der Waals surface area (Å²) in [5.74, 6) is -0.0353. The molecule has 0 saturated carbocycles. The molecule has 0 spiro atoms. The Labute approximate surface area is 128 Å². The number of aliphatic carboxylic acids is 1. The van der Waals surface area contributed by atoms with Gasteiger partial charge in [-0.3, -0.25) is 9.69 Å². The minimum Gasteiger partial charge on any atom is -0.480 e. The van der Waals surface area contributed by atoms with E-state index in [2.05, 4.69) is 43.0 Å². The maximum Gasteiger partial charge on any atom is 0.323 e. The third-order valence-corrected chi connectivity index (χ3v) is 4.54. The van der Waals surface area contributed by atoms with Crippen molar-refractivity contribution in [3.8, 4) is 0 Å². The first kappa shape index (κ1) is 16.0. The van der Waals surface area contributed by atoms with Crippen LogP contribution < -0.4 is 0 Å². The Morgan fingerprint density at radius 2 is 1.86 bits per heavy atom. The van der Waals surface area contributed by atoms with Crippen molar-refractivity contribution < 1.29 is 9.90 Å². The highest BCUT2D eigenvalue weighted by Gasteiger charge is 2.41. The minimum atomic E-state index is -0.713. The molecule has 3 heteroatoms. The number of piperidine rings is 1. The minimum absolute atomic E-state index is 0.660. The fraction of sp³-hybridized carbons (Fsp3) is 0.611. The van der Waals surface area contributed by atoms with Crippen LogP contribution in [0.5, 0.6) is 0 Å². The molecule has 0 radical (unpaired) electrons. The molecule has 1 N–H and O–H groups in total. The number of hydrogen-bond donors (Lipinski definition) is 1. The van der Waals surface area contributed by atoms with E-state index in [1.54, 1.807) is 0 Å². The first-order chi connectivity index (χ1) is 9.91. The van der Waals surface area contributed by atoms with E-state index in [4.69, 9.17) is 0 Å². The normalized spacial score (nSPS) is 23.4. The summed E-state index contributed by atoms with van der Waals surface area (Å²) in [7, 11) is 0. The molecule has 1 aliphatic heterocycles. The number of carboxylic acid groups (broad SMARTS) is 1. The fourth-order valence-corrected chi connectivity index (χ4v) is 3.15. The number of nitrogens with zero attached hydrogens (tertiary/aromatic N) is 1. The van der Waals surface area contributed by atoms with E-state index in [9.17, 15) is 9.90 Å². The molecule has 0 amide bonds. The van der Waals surface area contributed by atoms with Crippen LogP contribution in [0.3, 0.4) is 0 Å². The van der Waals surface area contributed by atoms with Crippen LogP contribution in [0.15, 0.2) is 24.3 Å². The van der Waals surface area contributed by atoms with E-state index >= 15 is 0 Å². The topological polar surface area (TPSA) is 40.5 Å². The van der Waals surface area contributed by atoms with Gasteiger partial charge in [0.2, 0.25) is 0 Å². The van der Waals surface area contributed by atoms with Gasteiger partial charge in [-0.25, -0.2) is 0 Å². The standard InChI is InChI=1S/C18H27NO2/c1-14(2)12-15-6-8-16(9-7-15)13-19-11-5-4-10-18(19,3)17(20)21/h6-9,14H,4-5,10-13H2,1-3H3,(H,20,21). The summed E-state index contributed by atoms with van der Waals surface area (Å²) in [5.41, 5.74) is 1.85. The highest BCUT2D eigenvalue weighted by molar-refractivity contribution is 5.78. The van der Waals surface area contributed by atoms with Crippen LogP contribution in [0.25, 0.3) is 0 Å². The Kier molecular flexibility index (Phi) is 5.04. The number of hydrogen-bond acceptors (Lipinski definition) is 2. The summed E-state index contributed by atoms with van der Waals surface area (Å²) in [6.45, 7) is 7.91. The van der Waals surface area contributed by atoms with E-state index in [-0.39, 0.29) is 0 Å². The van der Waals surface area contributed by atoms with E-state index < -0.39 is 11.5 Å². The molecule has 3 nitrogen and oxygen atoms in total. The average Bonchev–Trinajstić information content (AvgIpc) is 2.43. The summed E-state index contributed by atoms with van der Waals surface area (Å²) in [4.78, 5) is 13.7. The molecule has 0 aromatic heterocycles. The molecule has 1 aromatic rings. The number of likely N-dealkylation sites (tertiary alicyclic amines) is 1. The molecule has 1 aliphatic rings. The number of carboxylic acids is 1. The molecule has 1 fully saturated rings. The van der Waals surface area contributed by atoms with E-state index in [1.807, 2.05) is 6.92 Å². The zero-order chi connectivity index (χ0) is 15.5. The highest BCUT2D eigenvalue weighted by Crippen LogP contribution is 2.29. The van der Waals surface area contributed by atoms with Crippen molar-refractivity contribution in [2.75, 3.05) is 6.54 Å². The van der Waals surface area contributed by atoms with Gasteiger partial charge in [0.15, 0.2) is 0 Å². The first-order valence-electron chi connectivity index (χ1n) is 7.98. The van der Waals surface area contributed by atoms with Crippen LogP contribution in [0.2, 0.25) is 0 Å². The summed E-state index contributed by atoms with van der Waals surface area (Å²) < 4.78 is 0. The molecular weight excluding hydrogens is 262 g/mol. The van der Waals surface area contributed by atoms with E-state index in [0.29, 0.717) is 5.92 Å². The zero-order valence-electron chi connectivity index (χ0n) is 13.4. The summed E-state index contributed by atoms with van der Waals surface area (Å²) in [6.07, 6.45) is 3.94. The maximum absolute atomic E-state index is 11.6. The van der Waals surface area contributed by atoms with Crippen LogP contribution in [-0.4, -0.2) is 28.1 Å². The molecule has 21 heavy (non-hydrogen) atoms. The largest absolute Gasteiger partial charge is 0.480 e. The Balaban J connectivity index is 2.07. The molecule has 1 unspecified atom stereocenters. The molecule has 116 valence electrons. The van der Waals surface area contributed by atoms with Gasteiger partial charge >= 0.3 is 5.97 Å². The Morgan fingerprint density at radius 3 is 2.43 bits per heavy atom. The smallest absolute Gasteiger partial charge is 0.323 e. The van der Waals surface area contributed by atoms with Crippen LogP contribution in [-0.2, 0) is 17.8 Å². The Hall–Kier alpha value is -1.35. The molecule has 2 rings (SSSR count). The summed E-state index contributed by atoms with van der Waals surface area (Å²) in [6, 6.07) is 8.65. The maximum atomic E-state index is 11.6. The molecule has 1 atom stereocenters. The van der Waals surface area contributed by atoms with Gasteiger partial charge in [0.25, 0.3) is 0 Å². The average molecular weight is 289 g/mol. The second-order valence-electron chi connectivity index (χ2n) is 6.87. The van der Waals surface area contributed by atoms with Crippen LogP contribution >= 0.6 is 0 Å². The molecular formula is C18H27NO2. The van der Waals surface area contributed by atoms with Crippen molar-refractivity contribution >= 4 is 5.97 Å². The van der Waals surface area contributed by atoms with Crippen molar-refractivity contribution in [1.29, 1.82) is 0 Å². The van der Waals surface area contributed by atoms with Gasteiger partial charge < -0.3 is 5.11 Å². The number of benzene rings is 1. The second-order valence-corrected chi connectivity index (χ2v) is 6.87. The SMILES string of the molecule is CC(C)Cc1ccc(CN2CCCCC2(C)C(=O)O)cc1. The second kappa shape index (κ2) is 6.61. The quantitative estimate of drug-likeness (QED) is 0.898. The summed E-state index contributed by atoms with van der Waals surface area (Å²) in [5, 5.41) is 9.55. The Morgan fingerprint density at radius 1 is 1.24 bits per heavy atom. The van der Waals surface area contributed by atoms with E-state index in [0.717, 1.165) is 38.8 Å². The predicted molar refractivity (Wildman–Crippen MR) is 85.3 cm³/mol. The van der Waals surface area contributed by atoms with Crippen molar-refractivity contribution in [3.63, 3.8) is 0 Å². The highest BCUT2D eigenvalue weighted by atomic mass is 16.4. The van der Waals surface area contributed by atoms with Gasteiger partial charge in [-0.05, 0) is 56.2 Å². The van der Waals surface area contributed by atoms with Crippen molar-refractivity contribution in [1.82, 2.24) is 4.90 Å². The van der Waals surface area contributed by atoms with Crippen LogP contribution in [0, 0.1) is 5.92 Å². The lowest BCUT2D eigenvalue weighted by Crippen LogP contribution is -2.54. The molecule has 1 aromatic carbocycles. The van der Waals surface area contributed by atoms with Gasteiger partial charge in [-0.1, -0.05) is 38.1 Å². The van der Waals surface area contributed by atoms with Gasteiger partial charge in [-0.15, -0.1) is 0 Å². The van der Waals surface area contributed by atoms with Crippen LogP contribution in [0.1, 0.15) is 51.2 Å². The monoisotopic (exact) mass is 289 g/mol. The molecule has 0 bridgehead atoms. The van der Waals surface area contributed by atoms with Gasteiger partial charge in [-0.2, -0.15) is 0 Å². The van der Waals surface area contributed by atoms with Crippen LogP contribution in [0.4, 0.5) is 0 Å². The van der Waals surface area contributed by atoms with E-state index in [1.165, 1.54) is 11.1 Å². The van der Waals surface area contributed by atoms with Crippen molar-refractivity contribution in [2.45, 2.75) is 58.5 Å². The summed E-state index contributed by atoms with van der Waals surface area (Å²) >= 11 is 0. The zero-order valence-corrected chi connectivity index (χ0v) is 13.4. The Bertz CT molecular complexity index is 480. The first-order valence-corrected chi connectivity index (χ1v) is 7.98. The fourth-order valence-electron chi connectivity index (χ4n) is 3.15. The molecule has 1 saturated heterocycles. The lowest BCUT2D eigenvalue weighted by atomic mass is 9.88. The number of rotatable bonds is 5. The predicted octanol–water partition coefficient (Wildman–Crippen LogP) is 3.71. The molecule has 1 heterocycles. The van der Waals surface area contributed by atoms with Crippen molar-refractivity contribution in [2.24, 2.45) is 5.92 Å². The third kappa shape index (κ3) is 3.85. The third-order valence-electron chi connectivity index (χ3n) is 4.54. The van der Waals surface area contributed by atoms with Crippen molar-refractivity contribution in [3.05, 3.63) is 35.4 Å².